The molecule has 3 rings (SSSR count). The van der Waals surface area contributed by atoms with Crippen molar-refractivity contribution in [1.29, 1.82) is 0 Å². The van der Waals surface area contributed by atoms with Crippen molar-refractivity contribution in [3.8, 4) is 5.75 Å². The highest BCUT2D eigenvalue weighted by molar-refractivity contribution is 7.09. The second-order valence-corrected chi connectivity index (χ2v) is 8.74. The average Bonchev–Trinajstić information content (AvgIpc) is 3.14. The van der Waals surface area contributed by atoms with E-state index in [0.717, 1.165) is 55.0 Å². The van der Waals surface area contributed by atoms with Crippen LogP contribution >= 0.6 is 11.3 Å². The summed E-state index contributed by atoms with van der Waals surface area (Å²) < 4.78 is 5.47. The van der Waals surface area contributed by atoms with Crippen molar-refractivity contribution in [3.05, 3.63) is 45.9 Å². The summed E-state index contributed by atoms with van der Waals surface area (Å²) in [5.41, 5.74) is 2.37. The molecule has 0 radical (unpaired) electrons. The van der Waals surface area contributed by atoms with Gasteiger partial charge in [-0.25, -0.2) is 4.98 Å². The quantitative estimate of drug-likeness (QED) is 0.555. The maximum atomic E-state index is 5.47. The monoisotopic (exact) mass is 415 g/mol. The van der Waals surface area contributed by atoms with E-state index in [0.29, 0.717) is 5.92 Å². The van der Waals surface area contributed by atoms with Gasteiger partial charge in [0.05, 0.1) is 17.8 Å². The molecule has 29 heavy (non-hydrogen) atoms. The minimum atomic E-state index is 0.680. The molecule has 0 atom stereocenters. The van der Waals surface area contributed by atoms with Crippen LogP contribution in [0.5, 0.6) is 5.75 Å². The number of hydrogen-bond donors (Lipinski definition) is 1. The molecule has 0 saturated carbocycles. The van der Waals surface area contributed by atoms with Gasteiger partial charge in [0, 0.05) is 44.7 Å². The molecule has 1 aromatic carbocycles. The Morgan fingerprint density at radius 3 is 2.76 bits per heavy atom. The summed E-state index contributed by atoms with van der Waals surface area (Å²) in [6.45, 7) is 7.05. The zero-order chi connectivity index (χ0) is 20.6. The Morgan fingerprint density at radius 2 is 2.10 bits per heavy atom. The van der Waals surface area contributed by atoms with Crippen LogP contribution < -0.4 is 10.1 Å². The fourth-order valence-corrected chi connectivity index (χ4v) is 4.45. The first kappa shape index (κ1) is 21.6. The number of nitrogens with zero attached hydrogens (tertiary/aromatic N) is 4. The third-order valence-corrected chi connectivity index (χ3v) is 6.30. The molecule has 0 aliphatic carbocycles. The number of ether oxygens (including phenoxy) is 1. The Balaban J connectivity index is 1.44. The number of para-hydroxylation sites is 1. The summed E-state index contributed by atoms with van der Waals surface area (Å²) in [5.74, 6) is 2.52. The Kier molecular flexibility index (Phi) is 7.89. The number of thiazole rings is 1. The topological polar surface area (TPSA) is 53.0 Å². The van der Waals surface area contributed by atoms with Crippen molar-refractivity contribution in [1.82, 2.24) is 20.1 Å². The van der Waals surface area contributed by atoms with Gasteiger partial charge in [0.2, 0.25) is 0 Å². The lowest BCUT2D eigenvalue weighted by molar-refractivity contribution is 0.176. The molecule has 1 aliphatic heterocycles. The molecule has 1 fully saturated rings. The average molecular weight is 416 g/mol. The van der Waals surface area contributed by atoms with Crippen molar-refractivity contribution >= 4 is 17.3 Å². The molecule has 0 unspecified atom stereocenters. The minimum Gasteiger partial charge on any atom is -0.496 e. The normalized spacial score (nSPS) is 16.1. The Hall–Kier alpha value is -2.12. The molecule has 0 bridgehead atoms. The molecular formula is C22H33N5OS. The number of nitrogens with one attached hydrogen (secondary N) is 1. The van der Waals surface area contributed by atoms with E-state index in [2.05, 4.69) is 50.5 Å². The van der Waals surface area contributed by atoms with Crippen LogP contribution in [0.3, 0.4) is 0 Å². The minimum absolute atomic E-state index is 0.680. The van der Waals surface area contributed by atoms with Gasteiger partial charge in [0.25, 0.3) is 0 Å². The van der Waals surface area contributed by atoms with Crippen LogP contribution in [0.25, 0.3) is 0 Å². The molecule has 1 N–H and O–H groups in total. The van der Waals surface area contributed by atoms with E-state index in [4.69, 9.17) is 4.74 Å². The zero-order valence-electron chi connectivity index (χ0n) is 18.0. The largest absolute Gasteiger partial charge is 0.496 e. The van der Waals surface area contributed by atoms with Crippen LogP contribution in [0.15, 0.2) is 34.6 Å². The number of rotatable bonds is 7. The number of guanidine groups is 1. The standard InChI is InChI=1S/C22H33N5OS/c1-17-25-20(16-29-17)15-27-11-9-18(10-12-27)13-24-22(23-2)26(3)14-19-7-5-6-8-21(19)28-4/h5-8,16,18H,9-15H2,1-4H3,(H,23,24). The second kappa shape index (κ2) is 10.6. The van der Waals surface area contributed by atoms with E-state index < -0.39 is 0 Å². The van der Waals surface area contributed by atoms with Crippen LogP contribution in [0.2, 0.25) is 0 Å². The van der Waals surface area contributed by atoms with Gasteiger partial charge in [-0.15, -0.1) is 11.3 Å². The van der Waals surface area contributed by atoms with Gasteiger partial charge < -0.3 is 15.0 Å². The van der Waals surface area contributed by atoms with Crippen molar-refractivity contribution < 1.29 is 4.74 Å². The third-order valence-electron chi connectivity index (χ3n) is 5.48. The highest BCUT2D eigenvalue weighted by atomic mass is 32.1. The number of aromatic nitrogens is 1. The lowest BCUT2D eigenvalue weighted by atomic mass is 9.97. The number of piperidine rings is 1. The first-order valence-corrected chi connectivity index (χ1v) is 11.1. The molecule has 0 amide bonds. The first-order valence-electron chi connectivity index (χ1n) is 10.3. The van der Waals surface area contributed by atoms with Crippen LogP contribution in [0.1, 0.15) is 29.1 Å². The zero-order valence-corrected chi connectivity index (χ0v) is 18.8. The summed E-state index contributed by atoms with van der Waals surface area (Å²) in [7, 11) is 5.63. The molecule has 6 nitrogen and oxygen atoms in total. The van der Waals surface area contributed by atoms with Crippen LogP contribution in [-0.2, 0) is 13.1 Å². The second-order valence-electron chi connectivity index (χ2n) is 7.67. The molecule has 7 heteroatoms. The number of benzene rings is 1. The number of hydrogen-bond acceptors (Lipinski definition) is 5. The van der Waals surface area contributed by atoms with E-state index in [9.17, 15) is 0 Å². The van der Waals surface area contributed by atoms with Gasteiger partial charge in [0.15, 0.2) is 5.96 Å². The Bertz CT molecular complexity index is 798. The van der Waals surface area contributed by atoms with Crippen molar-refractivity contribution in [3.63, 3.8) is 0 Å². The number of methoxy groups -OCH3 is 1. The van der Waals surface area contributed by atoms with Crippen LogP contribution in [0.4, 0.5) is 0 Å². The van der Waals surface area contributed by atoms with E-state index in [1.54, 1.807) is 18.4 Å². The van der Waals surface area contributed by atoms with Gasteiger partial charge in [-0.2, -0.15) is 0 Å². The number of aryl methyl sites for hydroxylation is 1. The summed E-state index contributed by atoms with van der Waals surface area (Å²) >= 11 is 1.74. The SMILES string of the molecule is CN=C(NCC1CCN(Cc2csc(C)n2)CC1)N(C)Cc1ccccc1OC. The summed E-state index contributed by atoms with van der Waals surface area (Å²) in [6.07, 6.45) is 2.42. The van der Waals surface area contributed by atoms with Gasteiger partial charge in [0.1, 0.15) is 5.75 Å². The molecule has 1 saturated heterocycles. The first-order chi connectivity index (χ1) is 14.1. The van der Waals surface area contributed by atoms with E-state index >= 15 is 0 Å². The molecular weight excluding hydrogens is 382 g/mol. The number of likely N-dealkylation sites (tertiary alicyclic amines) is 1. The van der Waals surface area contributed by atoms with Gasteiger partial charge in [-0.1, -0.05) is 18.2 Å². The molecule has 0 spiro atoms. The summed E-state index contributed by atoms with van der Waals surface area (Å²) in [5, 5.41) is 6.91. The smallest absolute Gasteiger partial charge is 0.193 e. The van der Waals surface area contributed by atoms with Gasteiger partial charge >= 0.3 is 0 Å². The maximum Gasteiger partial charge on any atom is 0.193 e. The highest BCUT2D eigenvalue weighted by Crippen LogP contribution is 2.20. The predicted molar refractivity (Wildman–Crippen MR) is 121 cm³/mol. The molecule has 1 aromatic heterocycles. The van der Waals surface area contributed by atoms with Crippen LogP contribution in [0, 0.1) is 12.8 Å². The molecule has 2 heterocycles. The van der Waals surface area contributed by atoms with Crippen molar-refractivity contribution in [2.75, 3.05) is 40.8 Å². The van der Waals surface area contributed by atoms with Crippen molar-refractivity contribution in [2.24, 2.45) is 10.9 Å². The molecule has 1 aliphatic rings. The van der Waals surface area contributed by atoms with E-state index in [1.807, 2.05) is 25.2 Å². The fraction of sp³-hybridized carbons (Fsp3) is 0.545. The van der Waals surface area contributed by atoms with E-state index in [-0.39, 0.29) is 0 Å². The lowest BCUT2D eigenvalue weighted by Gasteiger charge is -2.32. The fourth-order valence-electron chi connectivity index (χ4n) is 3.84. The van der Waals surface area contributed by atoms with Gasteiger partial charge in [-0.3, -0.25) is 9.89 Å². The highest BCUT2D eigenvalue weighted by Gasteiger charge is 2.20. The van der Waals surface area contributed by atoms with Crippen molar-refractivity contribution in [2.45, 2.75) is 32.9 Å². The number of aliphatic imine (C=N–C) groups is 1. The molecule has 2 aromatic rings. The lowest BCUT2D eigenvalue weighted by Crippen LogP contribution is -2.43. The third kappa shape index (κ3) is 6.18. The Labute approximate surface area is 178 Å². The maximum absolute atomic E-state index is 5.47. The van der Waals surface area contributed by atoms with Crippen LogP contribution in [-0.4, -0.2) is 61.6 Å². The van der Waals surface area contributed by atoms with E-state index in [1.165, 1.54) is 18.5 Å². The van der Waals surface area contributed by atoms with Gasteiger partial charge in [-0.05, 0) is 44.8 Å². The summed E-state index contributed by atoms with van der Waals surface area (Å²) in [4.78, 5) is 13.7. The predicted octanol–water partition coefficient (Wildman–Crippen LogP) is 3.38. The Morgan fingerprint density at radius 1 is 1.34 bits per heavy atom. The summed E-state index contributed by atoms with van der Waals surface area (Å²) in [6, 6.07) is 8.14. The molecule has 158 valence electrons.